The quantitative estimate of drug-likeness (QED) is 0.805. The third kappa shape index (κ3) is 4.24. The SMILES string of the molecule is CC(C)(C)OC(=O)NCCCN1Cc2cccc(C(=O)O)c2C1=O. The number of hydrogen-bond acceptors (Lipinski definition) is 4. The molecule has 2 rings (SSSR count). The third-order valence-electron chi connectivity index (χ3n) is 3.52. The molecular formula is C17H22N2O5. The van der Waals surface area contributed by atoms with Gasteiger partial charge in [-0.15, -0.1) is 0 Å². The van der Waals surface area contributed by atoms with Gasteiger partial charge in [0, 0.05) is 19.6 Å². The fourth-order valence-electron chi connectivity index (χ4n) is 2.55. The summed E-state index contributed by atoms with van der Waals surface area (Å²) in [6, 6.07) is 4.84. The zero-order valence-electron chi connectivity index (χ0n) is 14.1. The highest BCUT2D eigenvalue weighted by molar-refractivity contribution is 6.07. The molecule has 0 fully saturated rings. The number of amides is 2. The van der Waals surface area contributed by atoms with Crippen LogP contribution >= 0.6 is 0 Å². The fraction of sp³-hybridized carbons (Fsp3) is 0.471. The number of ether oxygens (including phenoxy) is 1. The van der Waals surface area contributed by atoms with Crippen molar-refractivity contribution in [3.05, 3.63) is 34.9 Å². The minimum atomic E-state index is -1.10. The van der Waals surface area contributed by atoms with Gasteiger partial charge in [-0.1, -0.05) is 12.1 Å². The summed E-state index contributed by atoms with van der Waals surface area (Å²) in [6.45, 7) is 6.55. The summed E-state index contributed by atoms with van der Waals surface area (Å²) in [7, 11) is 0. The van der Waals surface area contributed by atoms with E-state index in [2.05, 4.69) is 5.32 Å². The van der Waals surface area contributed by atoms with Crippen LogP contribution in [0.2, 0.25) is 0 Å². The van der Waals surface area contributed by atoms with Crippen LogP contribution in [0.4, 0.5) is 4.79 Å². The van der Waals surface area contributed by atoms with Crippen molar-refractivity contribution in [3.63, 3.8) is 0 Å². The summed E-state index contributed by atoms with van der Waals surface area (Å²) in [6.07, 6.45) is 0.0631. The molecule has 0 saturated carbocycles. The summed E-state index contributed by atoms with van der Waals surface area (Å²) in [5.74, 6) is -1.38. The van der Waals surface area contributed by atoms with Crippen molar-refractivity contribution < 1.29 is 24.2 Å². The van der Waals surface area contributed by atoms with Crippen molar-refractivity contribution >= 4 is 18.0 Å². The van der Waals surface area contributed by atoms with Gasteiger partial charge in [0.15, 0.2) is 0 Å². The van der Waals surface area contributed by atoms with Crippen LogP contribution in [0.5, 0.6) is 0 Å². The Kier molecular flexibility index (Phi) is 5.11. The van der Waals surface area contributed by atoms with Gasteiger partial charge in [-0.3, -0.25) is 4.79 Å². The van der Waals surface area contributed by atoms with Crippen LogP contribution < -0.4 is 5.32 Å². The van der Waals surface area contributed by atoms with Crippen LogP contribution in [0.1, 0.15) is 53.5 Å². The van der Waals surface area contributed by atoms with Crippen LogP contribution in [0.15, 0.2) is 18.2 Å². The fourth-order valence-corrected chi connectivity index (χ4v) is 2.55. The number of nitrogens with one attached hydrogen (secondary N) is 1. The molecule has 1 aliphatic heterocycles. The molecule has 1 aliphatic rings. The van der Waals surface area contributed by atoms with Gasteiger partial charge in [-0.25, -0.2) is 9.59 Å². The molecule has 130 valence electrons. The standard InChI is InChI=1S/C17H22N2O5/c1-17(2,3)24-16(23)18-8-5-9-19-10-11-6-4-7-12(15(21)22)13(11)14(19)20/h4,6-7H,5,8-10H2,1-3H3,(H,18,23)(H,21,22). The molecule has 1 aromatic carbocycles. The minimum Gasteiger partial charge on any atom is -0.478 e. The molecule has 2 amide bonds. The molecule has 0 unspecified atom stereocenters. The first-order chi connectivity index (χ1) is 11.2. The third-order valence-corrected chi connectivity index (χ3v) is 3.52. The largest absolute Gasteiger partial charge is 0.478 e. The molecule has 1 aromatic rings. The van der Waals surface area contributed by atoms with E-state index in [9.17, 15) is 19.5 Å². The first kappa shape index (κ1) is 17.8. The number of aromatic carboxylic acids is 1. The maximum atomic E-state index is 12.4. The van der Waals surface area contributed by atoms with Crippen LogP contribution in [-0.4, -0.2) is 46.7 Å². The predicted molar refractivity (Wildman–Crippen MR) is 87.0 cm³/mol. The lowest BCUT2D eigenvalue weighted by Gasteiger charge is -2.20. The number of carbonyl (C=O) groups excluding carboxylic acids is 2. The summed E-state index contributed by atoms with van der Waals surface area (Å²) in [5.41, 5.74) is 0.473. The average Bonchev–Trinajstić information content (AvgIpc) is 2.78. The van der Waals surface area contributed by atoms with Gasteiger partial charge in [-0.2, -0.15) is 0 Å². The Morgan fingerprint density at radius 1 is 1.33 bits per heavy atom. The molecule has 0 spiro atoms. The Morgan fingerprint density at radius 3 is 2.67 bits per heavy atom. The van der Waals surface area contributed by atoms with E-state index in [-0.39, 0.29) is 17.0 Å². The summed E-state index contributed by atoms with van der Waals surface area (Å²) < 4.78 is 5.13. The summed E-state index contributed by atoms with van der Waals surface area (Å²) in [5, 5.41) is 11.8. The highest BCUT2D eigenvalue weighted by atomic mass is 16.6. The van der Waals surface area contributed by atoms with Crippen LogP contribution in [-0.2, 0) is 11.3 Å². The summed E-state index contributed by atoms with van der Waals surface area (Å²) in [4.78, 5) is 36.7. The predicted octanol–water partition coefficient (Wildman–Crippen LogP) is 2.26. The molecule has 0 bridgehead atoms. The second-order valence-corrected chi connectivity index (χ2v) is 6.65. The Labute approximate surface area is 140 Å². The molecule has 1 heterocycles. The maximum absolute atomic E-state index is 12.4. The van der Waals surface area contributed by atoms with Crippen molar-refractivity contribution in [2.24, 2.45) is 0 Å². The monoisotopic (exact) mass is 334 g/mol. The maximum Gasteiger partial charge on any atom is 0.407 e. The topological polar surface area (TPSA) is 95.9 Å². The van der Waals surface area contributed by atoms with Gasteiger partial charge in [0.25, 0.3) is 5.91 Å². The second-order valence-electron chi connectivity index (χ2n) is 6.65. The Bertz CT molecular complexity index is 663. The normalized spacial score (nSPS) is 13.6. The van der Waals surface area contributed by atoms with E-state index in [0.717, 1.165) is 5.56 Å². The molecule has 0 aromatic heterocycles. The number of carbonyl (C=O) groups is 3. The van der Waals surface area contributed by atoms with E-state index in [4.69, 9.17) is 4.74 Å². The van der Waals surface area contributed by atoms with Crippen molar-refractivity contribution in [2.45, 2.75) is 39.3 Å². The number of carboxylic acid groups (broad SMARTS) is 1. The van der Waals surface area contributed by atoms with Crippen LogP contribution in [0.3, 0.4) is 0 Å². The minimum absolute atomic E-state index is 0.0341. The zero-order valence-corrected chi connectivity index (χ0v) is 14.1. The van der Waals surface area contributed by atoms with E-state index in [1.807, 2.05) is 0 Å². The number of benzene rings is 1. The van der Waals surface area contributed by atoms with Crippen molar-refractivity contribution in [3.8, 4) is 0 Å². The lowest BCUT2D eigenvalue weighted by molar-refractivity contribution is 0.0525. The van der Waals surface area contributed by atoms with Gasteiger partial charge in [-0.05, 0) is 38.8 Å². The average molecular weight is 334 g/mol. The Hall–Kier alpha value is -2.57. The van der Waals surface area contributed by atoms with Gasteiger partial charge >= 0.3 is 12.1 Å². The lowest BCUT2D eigenvalue weighted by atomic mass is 10.0. The molecule has 24 heavy (non-hydrogen) atoms. The number of alkyl carbamates (subject to hydrolysis) is 1. The highest BCUT2D eigenvalue weighted by Crippen LogP contribution is 2.26. The van der Waals surface area contributed by atoms with Crippen molar-refractivity contribution in [2.75, 3.05) is 13.1 Å². The van der Waals surface area contributed by atoms with Gasteiger partial charge in [0.1, 0.15) is 5.60 Å². The highest BCUT2D eigenvalue weighted by Gasteiger charge is 2.31. The number of carboxylic acids is 1. The van der Waals surface area contributed by atoms with Gasteiger partial charge in [0.2, 0.25) is 0 Å². The molecule has 0 saturated heterocycles. The van der Waals surface area contributed by atoms with Crippen molar-refractivity contribution in [1.82, 2.24) is 10.2 Å². The number of fused-ring (bicyclic) bond motifs is 1. The first-order valence-corrected chi connectivity index (χ1v) is 7.80. The van der Waals surface area contributed by atoms with Crippen LogP contribution in [0.25, 0.3) is 0 Å². The van der Waals surface area contributed by atoms with E-state index in [1.54, 1.807) is 37.8 Å². The smallest absolute Gasteiger partial charge is 0.407 e. The van der Waals surface area contributed by atoms with Gasteiger partial charge in [0.05, 0.1) is 11.1 Å². The molecular weight excluding hydrogens is 312 g/mol. The molecule has 0 atom stereocenters. The zero-order chi connectivity index (χ0) is 17.9. The van der Waals surface area contributed by atoms with E-state index >= 15 is 0 Å². The van der Waals surface area contributed by atoms with Crippen LogP contribution in [0, 0.1) is 0 Å². The summed E-state index contributed by atoms with van der Waals surface area (Å²) >= 11 is 0. The number of nitrogens with zero attached hydrogens (tertiary/aromatic N) is 1. The molecule has 0 aliphatic carbocycles. The first-order valence-electron chi connectivity index (χ1n) is 7.80. The number of rotatable bonds is 5. The van der Waals surface area contributed by atoms with Gasteiger partial charge < -0.3 is 20.1 Å². The Balaban J connectivity index is 1.86. The lowest BCUT2D eigenvalue weighted by Crippen LogP contribution is -2.34. The van der Waals surface area contributed by atoms with E-state index < -0.39 is 17.7 Å². The molecule has 7 heteroatoms. The van der Waals surface area contributed by atoms with E-state index in [0.29, 0.717) is 26.1 Å². The van der Waals surface area contributed by atoms with E-state index in [1.165, 1.54) is 6.07 Å². The second kappa shape index (κ2) is 6.90. The molecule has 2 N–H and O–H groups in total. The van der Waals surface area contributed by atoms with Crippen molar-refractivity contribution in [1.29, 1.82) is 0 Å². The molecule has 0 radical (unpaired) electrons. The Morgan fingerprint density at radius 2 is 2.04 bits per heavy atom. The molecule has 7 nitrogen and oxygen atoms in total. The number of hydrogen-bond donors (Lipinski definition) is 2.